The monoisotopic (exact) mass is 217 g/mol. The maximum Gasteiger partial charge on any atom is 0.227 e. The quantitative estimate of drug-likeness (QED) is 0.533. The molecule has 0 N–H and O–H groups in total. The lowest BCUT2D eigenvalue weighted by molar-refractivity contribution is -0.530. The molecule has 0 heterocycles. The van der Waals surface area contributed by atoms with Gasteiger partial charge in [-0.2, -0.15) is 0 Å². The second-order valence-electron chi connectivity index (χ2n) is 4.56. The molecule has 0 radical (unpaired) electrons. The first-order valence-corrected chi connectivity index (χ1v) is 5.42. The van der Waals surface area contributed by atoms with Gasteiger partial charge in [-0.1, -0.05) is 24.3 Å². The number of hydrogen-bond acceptors (Lipinski definition) is 3. The van der Waals surface area contributed by atoms with Gasteiger partial charge < -0.3 is 0 Å². The smallest absolute Gasteiger partial charge is 0.227 e. The van der Waals surface area contributed by atoms with Gasteiger partial charge in [-0.25, -0.2) is 0 Å². The Kier molecular flexibility index (Phi) is 1.87. The molecule has 2 aliphatic carbocycles. The van der Waals surface area contributed by atoms with Crippen LogP contribution in [0.25, 0.3) is 0 Å². The summed E-state index contributed by atoms with van der Waals surface area (Å²) in [5, 5.41) is 11.1. The number of fused-ring (bicyclic) bond motifs is 5. The van der Waals surface area contributed by atoms with E-state index >= 15 is 0 Å². The van der Waals surface area contributed by atoms with Gasteiger partial charge in [0.1, 0.15) is 5.78 Å². The molecular formula is C12H11NO3. The Bertz CT molecular complexity index is 448. The van der Waals surface area contributed by atoms with Crippen LogP contribution in [0.4, 0.5) is 0 Å². The van der Waals surface area contributed by atoms with Crippen molar-refractivity contribution in [3.05, 3.63) is 45.5 Å². The van der Waals surface area contributed by atoms with Crippen LogP contribution in [0.5, 0.6) is 0 Å². The third-order valence-electron chi connectivity index (χ3n) is 3.76. The fraction of sp³-hybridized carbons (Fsp3) is 0.417. The molecule has 82 valence electrons. The van der Waals surface area contributed by atoms with Crippen molar-refractivity contribution in [3.63, 3.8) is 0 Å². The van der Waals surface area contributed by atoms with E-state index < -0.39 is 6.04 Å². The van der Waals surface area contributed by atoms with Gasteiger partial charge in [-0.15, -0.1) is 0 Å². The summed E-state index contributed by atoms with van der Waals surface area (Å²) >= 11 is 0. The first-order valence-electron chi connectivity index (χ1n) is 5.42. The van der Waals surface area contributed by atoms with Crippen LogP contribution in [-0.2, 0) is 4.79 Å². The summed E-state index contributed by atoms with van der Waals surface area (Å²) in [4.78, 5) is 22.4. The molecule has 3 rings (SSSR count). The van der Waals surface area contributed by atoms with Gasteiger partial charge >= 0.3 is 0 Å². The van der Waals surface area contributed by atoms with Crippen LogP contribution in [0, 0.1) is 10.1 Å². The highest BCUT2D eigenvalue weighted by Crippen LogP contribution is 2.50. The van der Waals surface area contributed by atoms with Crippen molar-refractivity contribution in [2.45, 2.75) is 30.7 Å². The predicted molar refractivity (Wildman–Crippen MR) is 56.9 cm³/mol. The first-order chi connectivity index (χ1) is 7.68. The van der Waals surface area contributed by atoms with Crippen LogP contribution in [0.2, 0.25) is 0 Å². The number of benzene rings is 1. The minimum absolute atomic E-state index is 0.157. The van der Waals surface area contributed by atoms with E-state index in [2.05, 4.69) is 0 Å². The molecule has 2 atom stereocenters. The highest BCUT2D eigenvalue weighted by Gasteiger charge is 2.52. The van der Waals surface area contributed by atoms with E-state index in [4.69, 9.17) is 0 Å². The molecule has 0 amide bonds. The molecule has 16 heavy (non-hydrogen) atoms. The number of nitrogens with zero attached hydrogens (tertiary/aromatic N) is 1. The van der Waals surface area contributed by atoms with Crippen molar-refractivity contribution < 1.29 is 9.72 Å². The van der Waals surface area contributed by atoms with Crippen LogP contribution in [0.15, 0.2) is 24.3 Å². The molecular weight excluding hydrogens is 206 g/mol. The Morgan fingerprint density at radius 2 is 1.62 bits per heavy atom. The summed E-state index contributed by atoms with van der Waals surface area (Å²) in [6.45, 7) is 0. The largest absolute Gasteiger partial charge is 0.300 e. The zero-order valence-electron chi connectivity index (χ0n) is 8.63. The Morgan fingerprint density at radius 1 is 1.12 bits per heavy atom. The highest BCUT2D eigenvalue weighted by molar-refractivity contribution is 5.83. The highest BCUT2D eigenvalue weighted by atomic mass is 16.6. The molecule has 0 aliphatic heterocycles. The summed E-state index contributed by atoms with van der Waals surface area (Å²) in [6.07, 6.45) is 0.665. The minimum Gasteiger partial charge on any atom is -0.300 e. The van der Waals surface area contributed by atoms with Crippen LogP contribution >= 0.6 is 0 Å². The van der Waals surface area contributed by atoms with Crippen molar-refractivity contribution in [1.29, 1.82) is 0 Å². The molecule has 4 nitrogen and oxygen atoms in total. The van der Waals surface area contributed by atoms with Gasteiger partial charge in [0.25, 0.3) is 0 Å². The van der Waals surface area contributed by atoms with Crippen molar-refractivity contribution in [2.75, 3.05) is 0 Å². The summed E-state index contributed by atoms with van der Waals surface area (Å²) in [6, 6.07) is 7.04. The van der Waals surface area contributed by atoms with E-state index in [1.165, 1.54) is 0 Å². The molecule has 2 aliphatic rings. The summed E-state index contributed by atoms with van der Waals surface area (Å²) < 4.78 is 0. The number of carbonyl (C=O) groups excluding carboxylic acids is 1. The molecule has 1 fully saturated rings. The van der Waals surface area contributed by atoms with Crippen molar-refractivity contribution >= 4 is 5.78 Å². The Morgan fingerprint density at radius 3 is 2.06 bits per heavy atom. The Hall–Kier alpha value is -1.71. The third kappa shape index (κ3) is 1.13. The van der Waals surface area contributed by atoms with Crippen LogP contribution in [0.3, 0.4) is 0 Å². The van der Waals surface area contributed by atoms with E-state index in [-0.39, 0.29) is 22.5 Å². The summed E-state index contributed by atoms with van der Waals surface area (Å²) in [5.74, 6) is -0.237. The van der Waals surface area contributed by atoms with Gasteiger partial charge in [-0.3, -0.25) is 14.9 Å². The molecule has 1 aromatic carbocycles. The Balaban J connectivity index is 2.14. The van der Waals surface area contributed by atoms with Gasteiger partial charge in [0.05, 0.1) is 11.8 Å². The van der Waals surface area contributed by atoms with E-state index in [1.807, 2.05) is 24.3 Å². The average Bonchev–Trinajstić information content (AvgIpc) is 2.47. The van der Waals surface area contributed by atoms with Gasteiger partial charge in [0.15, 0.2) is 0 Å². The number of Topliss-reactive ketones (excluding diaryl/α,β-unsaturated/α-hetero) is 1. The van der Waals surface area contributed by atoms with E-state index in [0.717, 1.165) is 11.1 Å². The molecule has 2 bridgehead atoms. The molecule has 0 saturated heterocycles. The fourth-order valence-electron chi connectivity index (χ4n) is 3.16. The van der Waals surface area contributed by atoms with Crippen LogP contribution in [-0.4, -0.2) is 16.7 Å². The zero-order valence-corrected chi connectivity index (χ0v) is 8.63. The number of rotatable bonds is 1. The standard InChI is InChI=1S/C12H11NO3/c14-7-5-10-8-3-1-2-4-9(8)11(6-7)12(10)13(15)16/h1-4,10-12H,5-6H2. The lowest BCUT2D eigenvalue weighted by Gasteiger charge is -2.22. The molecule has 0 aromatic heterocycles. The van der Waals surface area contributed by atoms with Gasteiger partial charge in [0, 0.05) is 17.8 Å². The third-order valence-corrected chi connectivity index (χ3v) is 3.76. The van der Waals surface area contributed by atoms with E-state index in [1.54, 1.807) is 0 Å². The second-order valence-corrected chi connectivity index (χ2v) is 4.56. The molecule has 4 heteroatoms. The SMILES string of the molecule is O=C1CC2c3ccccc3C(C1)C2[N+](=O)[O-]. The van der Waals surface area contributed by atoms with Crippen LogP contribution < -0.4 is 0 Å². The van der Waals surface area contributed by atoms with Crippen molar-refractivity contribution in [3.8, 4) is 0 Å². The summed E-state index contributed by atoms with van der Waals surface area (Å²) in [7, 11) is 0. The van der Waals surface area contributed by atoms with E-state index in [9.17, 15) is 14.9 Å². The number of nitro groups is 1. The van der Waals surface area contributed by atoms with Crippen molar-refractivity contribution in [1.82, 2.24) is 0 Å². The average molecular weight is 217 g/mol. The molecule has 1 saturated carbocycles. The molecule has 2 unspecified atom stereocenters. The van der Waals surface area contributed by atoms with Gasteiger partial charge in [-0.05, 0) is 11.1 Å². The van der Waals surface area contributed by atoms with Crippen molar-refractivity contribution in [2.24, 2.45) is 0 Å². The maximum atomic E-state index is 11.5. The molecule has 0 spiro atoms. The number of carbonyl (C=O) groups is 1. The Labute approximate surface area is 92.4 Å². The summed E-state index contributed by atoms with van der Waals surface area (Å²) in [5.41, 5.74) is 2.03. The normalized spacial score (nSPS) is 31.2. The molecule has 1 aromatic rings. The minimum atomic E-state index is -0.588. The fourth-order valence-corrected chi connectivity index (χ4v) is 3.16. The topological polar surface area (TPSA) is 60.2 Å². The van der Waals surface area contributed by atoms with Gasteiger partial charge in [0.2, 0.25) is 6.04 Å². The zero-order chi connectivity index (χ0) is 11.3. The lowest BCUT2D eigenvalue weighted by Crippen LogP contribution is -2.34. The first kappa shape index (κ1) is 9.51. The second kappa shape index (κ2) is 3.14. The number of ketones is 1. The predicted octanol–water partition coefficient (Wildman–Crippen LogP) is 1.88. The maximum absolute atomic E-state index is 11.5. The van der Waals surface area contributed by atoms with Crippen LogP contribution in [0.1, 0.15) is 35.8 Å². The number of hydrogen-bond donors (Lipinski definition) is 0. The van der Waals surface area contributed by atoms with E-state index in [0.29, 0.717) is 12.8 Å². The lowest BCUT2D eigenvalue weighted by atomic mass is 9.81.